The highest BCUT2D eigenvalue weighted by Gasteiger charge is 2.10. The smallest absolute Gasteiger partial charge is 0.335 e. The summed E-state index contributed by atoms with van der Waals surface area (Å²) < 4.78 is 1.76. The summed E-state index contributed by atoms with van der Waals surface area (Å²) in [4.78, 5) is 15.0. The summed E-state index contributed by atoms with van der Waals surface area (Å²) in [5.74, 6) is 4.97. The van der Waals surface area contributed by atoms with Gasteiger partial charge in [-0.05, 0) is 24.6 Å². The van der Waals surface area contributed by atoms with E-state index in [9.17, 15) is 4.79 Å². The van der Waals surface area contributed by atoms with Gasteiger partial charge < -0.3 is 15.4 Å². The maximum atomic E-state index is 11.0. The summed E-state index contributed by atoms with van der Waals surface area (Å²) >= 11 is 0. The molecule has 0 aliphatic carbocycles. The van der Waals surface area contributed by atoms with Gasteiger partial charge in [-0.3, -0.25) is 5.01 Å². The second-order valence-electron chi connectivity index (χ2n) is 4.69. The predicted molar refractivity (Wildman–Crippen MR) is 80.2 cm³/mol. The van der Waals surface area contributed by atoms with Crippen molar-refractivity contribution in [3.63, 3.8) is 0 Å². The number of nitrogens with two attached hydrogens (primary N) is 2. The van der Waals surface area contributed by atoms with Crippen molar-refractivity contribution < 1.29 is 9.90 Å². The molecule has 0 saturated carbocycles. The van der Waals surface area contributed by atoms with Gasteiger partial charge in [0.05, 0.1) is 35.2 Å². The van der Waals surface area contributed by atoms with Crippen LogP contribution in [0.25, 0.3) is 5.70 Å². The minimum absolute atomic E-state index is 0.165. The Labute approximate surface area is 122 Å². The molecule has 0 aliphatic rings. The molecule has 0 bridgehead atoms. The number of carboxylic acid groups (broad SMARTS) is 1. The number of anilines is 1. The molecule has 0 spiro atoms. The van der Waals surface area contributed by atoms with Crippen molar-refractivity contribution in [3.05, 3.63) is 53.7 Å². The van der Waals surface area contributed by atoms with Gasteiger partial charge in [-0.2, -0.15) is 0 Å². The molecule has 21 heavy (non-hydrogen) atoms. The number of benzene rings is 1. The van der Waals surface area contributed by atoms with Crippen molar-refractivity contribution in [1.82, 2.24) is 9.55 Å². The molecule has 0 amide bonds. The van der Waals surface area contributed by atoms with Gasteiger partial charge in [0.15, 0.2) is 0 Å². The van der Waals surface area contributed by atoms with Crippen LogP contribution in [0, 0.1) is 6.92 Å². The fourth-order valence-electron chi connectivity index (χ4n) is 1.94. The number of rotatable bonds is 4. The van der Waals surface area contributed by atoms with Gasteiger partial charge in [-0.25, -0.2) is 15.6 Å². The fourth-order valence-corrected chi connectivity index (χ4v) is 1.94. The SMILES string of the molecule is Cc1ccc(C(=O)O)cc1N(N)/C=C(\N)c1cncn1C. The van der Waals surface area contributed by atoms with Crippen molar-refractivity contribution in [3.8, 4) is 0 Å². The summed E-state index contributed by atoms with van der Waals surface area (Å²) in [7, 11) is 1.82. The minimum Gasteiger partial charge on any atom is -0.478 e. The van der Waals surface area contributed by atoms with E-state index in [2.05, 4.69) is 4.98 Å². The number of aryl methyl sites for hydroxylation is 2. The molecule has 7 nitrogen and oxygen atoms in total. The summed E-state index contributed by atoms with van der Waals surface area (Å²) in [6, 6.07) is 4.74. The first-order valence-corrected chi connectivity index (χ1v) is 6.22. The van der Waals surface area contributed by atoms with E-state index >= 15 is 0 Å². The Morgan fingerprint density at radius 2 is 2.19 bits per heavy atom. The maximum absolute atomic E-state index is 11.0. The molecule has 2 rings (SSSR count). The molecular formula is C14H17N5O2. The average molecular weight is 287 g/mol. The first-order valence-electron chi connectivity index (χ1n) is 6.22. The highest BCUT2D eigenvalue weighted by atomic mass is 16.4. The van der Waals surface area contributed by atoms with Gasteiger partial charge in [-0.1, -0.05) is 6.07 Å². The van der Waals surface area contributed by atoms with Crippen LogP contribution in [0.5, 0.6) is 0 Å². The molecule has 0 saturated heterocycles. The number of carbonyl (C=O) groups is 1. The van der Waals surface area contributed by atoms with E-state index in [1.54, 1.807) is 23.2 Å². The lowest BCUT2D eigenvalue weighted by Gasteiger charge is -2.18. The van der Waals surface area contributed by atoms with E-state index in [-0.39, 0.29) is 5.56 Å². The van der Waals surface area contributed by atoms with Crippen molar-refractivity contribution in [2.24, 2.45) is 18.6 Å². The number of hydrazine groups is 1. The van der Waals surface area contributed by atoms with Gasteiger partial charge in [0, 0.05) is 13.2 Å². The molecule has 1 aromatic heterocycles. The lowest BCUT2D eigenvalue weighted by Crippen LogP contribution is -2.27. The van der Waals surface area contributed by atoms with Crippen molar-refractivity contribution in [1.29, 1.82) is 0 Å². The van der Waals surface area contributed by atoms with Crippen LogP contribution in [-0.4, -0.2) is 20.6 Å². The molecule has 1 heterocycles. The monoisotopic (exact) mass is 287 g/mol. The number of hydrogen-bond acceptors (Lipinski definition) is 5. The van der Waals surface area contributed by atoms with Crippen LogP contribution in [0.4, 0.5) is 5.69 Å². The third-order valence-electron chi connectivity index (χ3n) is 3.12. The van der Waals surface area contributed by atoms with Crippen LogP contribution in [-0.2, 0) is 7.05 Å². The van der Waals surface area contributed by atoms with Gasteiger partial charge in [-0.15, -0.1) is 0 Å². The third kappa shape index (κ3) is 3.03. The van der Waals surface area contributed by atoms with E-state index < -0.39 is 5.97 Å². The summed E-state index contributed by atoms with van der Waals surface area (Å²) in [6.45, 7) is 1.84. The number of aromatic carboxylic acids is 1. The Kier molecular flexibility index (Phi) is 3.95. The average Bonchev–Trinajstić information content (AvgIpc) is 2.85. The van der Waals surface area contributed by atoms with E-state index in [0.717, 1.165) is 11.3 Å². The lowest BCUT2D eigenvalue weighted by molar-refractivity contribution is 0.0697. The summed E-state index contributed by atoms with van der Waals surface area (Å²) in [5.41, 5.74) is 8.72. The van der Waals surface area contributed by atoms with E-state index in [1.165, 1.54) is 23.3 Å². The molecule has 0 aliphatic heterocycles. The van der Waals surface area contributed by atoms with Crippen LogP contribution in [0.1, 0.15) is 21.6 Å². The molecule has 110 valence electrons. The summed E-state index contributed by atoms with van der Waals surface area (Å²) in [6.07, 6.45) is 4.79. The topological polar surface area (TPSA) is 110 Å². The highest BCUT2D eigenvalue weighted by Crippen LogP contribution is 2.21. The van der Waals surface area contributed by atoms with Gasteiger partial charge in [0.2, 0.25) is 0 Å². The van der Waals surface area contributed by atoms with E-state index in [1.807, 2.05) is 14.0 Å². The largest absolute Gasteiger partial charge is 0.478 e. The number of nitrogens with zero attached hydrogens (tertiary/aromatic N) is 3. The third-order valence-corrected chi connectivity index (χ3v) is 3.12. The van der Waals surface area contributed by atoms with Crippen LogP contribution in [0.3, 0.4) is 0 Å². The molecule has 7 heteroatoms. The van der Waals surface area contributed by atoms with Crippen molar-refractivity contribution in [2.45, 2.75) is 6.92 Å². The molecule has 0 unspecified atom stereocenters. The zero-order valence-corrected chi connectivity index (χ0v) is 11.8. The van der Waals surface area contributed by atoms with Crippen LogP contribution in [0.2, 0.25) is 0 Å². The molecular weight excluding hydrogens is 270 g/mol. The van der Waals surface area contributed by atoms with Gasteiger partial charge >= 0.3 is 5.97 Å². The number of carboxylic acids is 1. The lowest BCUT2D eigenvalue weighted by atomic mass is 10.1. The second kappa shape index (κ2) is 5.68. The van der Waals surface area contributed by atoms with Crippen LogP contribution >= 0.6 is 0 Å². The fraction of sp³-hybridized carbons (Fsp3) is 0.143. The second-order valence-corrected chi connectivity index (χ2v) is 4.69. The highest BCUT2D eigenvalue weighted by molar-refractivity contribution is 5.89. The standard InChI is InChI=1S/C14H17N5O2/c1-9-3-4-10(14(20)21)5-12(9)19(16)7-11(15)13-6-17-8-18(13)2/h3-8H,15-16H2,1-2H3,(H,20,21)/b11-7-. The summed E-state index contributed by atoms with van der Waals surface area (Å²) in [5, 5.41) is 10.3. The zero-order chi connectivity index (χ0) is 15.6. The Bertz CT molecular complexity index is 705. The Hall–Kier alpha value is -2.80. The zero-order valence-electron chi connectivity index (χ0n) is 11.8. The maximum Gasteiger partial charge on any atom is 0.335 e. The molecule has 5 N–H and O–H groups in total. The number of imidazole rings is 1. The molecule has 1 aromatic carbocycles. The van der Waals surface area contributed by atoms with Gasteiger partial charge in [0.25, 0.3) is 0 Å². The molecule has 0 fully saturated rings. The molecule has 2 aromatic rings. The Morgan fingerprint density at radius 3 is 2.76 bits per heavy atom. The first kappa shape index (κ1) is 14.6. The van der Waals surface area contributed by atoms with Crippen molar-refractivity contribution >= 4 is 17.4 Å². The molecule has 0 atom stereocenters. The van der Waals surface area contributed by atoms with Crippen LogP contribution < -0.4 is 16.6 Å². The van der Waals surface area contributed by atoms with Crippen molar-refractivity contribution in [2.75, 3.05) is 5.01 Å². The minimum atomic E-state index is -1.01. The number of aromatic nitrogens is 2. The quantitative estimate of drug-likeness (QED) is 0.573. The Morgan fingerprint density at radius 1 is 1.48 bits per heavy atom. The number of hydrogen-bond donors (Lipinski definition) is 3. The van der Waals surface area contributed by atoms with Gasteiger partial charge in [0.1, 0.15) is 0 Å². The van der Waals surface area contributed by atoms with Crippen LogP contribution in [0.15, 0.2) is 36.9 Å². The first-order chi connectivity index (χ1) is 9.90. The Balaban J connectivity index is 2.36. The molecule has 0 radical (unpaired) electrons. The van der Waals surface area contributed by atoms with E-state index in [4.69, 9.17) is 16.7 Å². The van der Waals surface area contributed by atoms with E-state index in [0.29, 0.717) is 11.4 Å². The predicted octanol–water partition coefficient (Wildman–Crippen LogP) is 1.06. The normalized spacial score (nSPS) is 11.5.